The largest absolute Gasteiger partial charge is 0.316 e. The van der Waals surface area contributed by atoms with Crippen LogP contribution < -0.4 is 5.32 Å². The molecule has 0 fully saturated rings. The van der Waals surface area contributed by atoms with Crippen LogP contribution in [-0.2, 0) is 11.3 Å². The van der Waals surface area contributed by atoms with E-state index in [1.807, 2.05) is 31.5 Å². The standard InChI is InChI=1S/C9H10NO/c1-10-6-8-4-2-3-5-9(8)7-11/h2-5,10H,6H2,1H3. The van der Waals surface area contributed by atoms with Gasteiger partial charge in [0.1, 0.15) is 0 Å². The molecule has 1 aromatic carbocycles. The molecule has 0 saturated heterocycles. The summed E-state index contributed by atoms with van der Waals surface area (Å²) in [6.07, 6.45) is 1.89. The van der Waals surface area contributed by atoms with Crippen molar-refractivity contribution in [3.63, 3.8) is 0 Å². The maximum Gasteiger partial charge on any atom is 0.233 e. The summed E-state index contributed by atoms with van der Waals surface area (Å²) in [5.74, 6) is 0. The monoisotopic (exact) mass is 148 g/mol. The second-order valence-electron chi connectivity index (χ2n) is 2.29. The minimum Gasteiger partial charge on any atom is -0.316 e. The van der Waals surface area contributed by atoms with Crippen LogP contribution in [0.5, 0.6) is 0 Å². The summed E-state index contributed by atoms with van der Waals surface area (Å²) in [5.41, 5.74) is 1.63. The van der Waals surface area contributed by atoms with Crippen LogP contribution in [0.1, 0.15) is 11.1 Å². The molecule has 0 aliphatic carbocycles. The van der Waals surface area contributed by atoms with E-state index in [-0.39, 0.29) is 0 Å². The molecule has 2 nitrogen and oxygen atoms in total. The fraction of sp³-hybridized carbons (Fsp3) is 0.222. The summed E-state index contributed by atoms with van der Waals surface area (Å²) >= 11 is 0. The Hall–Kier alpha value is -1.15. The minimum atomic E-state index is 0.641. The number of nitrogens with one attached hydrogen (secondary N) is 1. The zero-order chi connectivity index (χ0) is 8.10. The molecule has 1 rings (SSSR count). The van der Waals surface area contributed by atoms with Gasteiger partial charge in [-0.3, -0.25) is 4.79 Å². The summed E-state index contributed by atoms with van der Waals surface area (Å²) in [6, 6.07) is 7.42. The van der Waals surface area contributed by atoms with Crippen molar-refractivity contribution in [2.24, 2.45) is 0 Å². The van der Waals surface area contributed by atoms with Crippen molar-refractivity contribution in [2.75, 3.05) is 7.05 Å². The van der Waals surface area contributed by atoms with Gasteiger partial charge in [-0.1, -0.05) is 24.3 Å². The number of hydrogen-bond donors (Lipinski definition) is 1. The van der Waals surface area contributed by atoms with Gasteiger partial charge in [0.15, 0.2) is 0 Å². The molecule has 11 heavy (non-hydrogen) atoms. The Labute approximate surface area is 66.2 Å². The summed E-state index contributed by atoms with van der Waals surface area (Å²) in [6.45, 7) is 0.714. The van der Waals surface area contributed by atoms with E-state index in [1.54, 1.807) is 6.07 Å². The van der Waals surface area contributed by atoms with Gasteiger partial charge in [-0.05, 0) is 12.6 Å². The Morgan fingerprint density at radius 2 is 2.18 bits per heavy atom. The molecule has 0 unspecified atom stereocenters. The fourth-order valence-corrected chi connectivity index (χ4v) is 0.964. The van der Waals surface area contributed by atoms with Crippen molar-refractivity contribution in [2.45, 2.75) is 6.54 Å². The lowest BCUT2D eigenvalue weighted by molar-refractivity contribution is 0.562. The lowest BCUT2D eigenvalue weighted by Crippen LogP contribution is -2.07. The van der Waals surface area contributed by atoms with Crippen molar-refractivity contribution >= 4 is 6.29 Å². The second-order valence-corrected chi connectivity index (χ2v) is 2.29. The molecular weight excluding hydrogens is 138 g/mol. The van der Waals surface area contributed by atoms with E-state index in [9.17, 15) is 4.79 Å². The maximum absolute atomic E-state index is 10.3. The number of hydrogen-bond acceptors (Lipinski definition) is 2. The Morgan fingerprint density at radius 3 is 2.82 bits per heavy atom. The number of carbonyl (C=O) groups excluding carboxylic acids is 1. The lowest BCUT2D eigenvalue weighted by Gasteiger charge is -2.00. The zero-order valence-corrected chi connectivity index (χ0v) is 6.42. The molecule has 0 aliphatic rings. The third-order valence-electron chi connectivity index (χ3n) is 1.49. The highest BCUT2D eigenvalue weighted by atomic mass is 16.1. The molecule has 0 atom stereocenters. The van der Waals surface area contributed by atoms with E-state index in [0.717, 1.165) is 5.56 Å². The Balaban J connectivity index is 2.92. The van der Waals surface area contributed by atoms with Gasteiger partial charge in [0, 0.05) is 12.1 Å². The lowest BCUT2D eigenvalue weighted by atomic mass is 10.1. The van der Waals surface area contributed by atoms with Gasteiger partial charge in [0.25, 0.3) is 0 Å². The average molecular weight is 148 g/mol. The van der Waals surface area contributed by atoms with E-state index in [4.69, 9.17) is 0 Å². The molecular formula is C9H10NO. The van der Waals surface area contributed by atoms with Crippen molar-refractivity contribution in [3.8, 4) is 0 Å². The van der Waals surface area contributed by atoms with E-state index in [1.165, 1.54) is 0 Å². The summed E-state index contributed by atoms with van der Waals surface area (Å²) in [7, 11) is 1.85. The van der Waals surface area contributed by atoms with E-state index < -0.39 is 0 Å². The molecule has 0 heterocycles. The fourth-order valence-electron chi connectivity index (χ4n) is 0.964. The number of benzene rings is 1. The van der Waals surface area contributed by atoms with Crippen LogP contribution in [0.15, 0.2) is 24.3 Å². The van der Waals surface area contributed by atoms with E-state index >= 15 is 0 Å². The highest BCUT2D eigenvalue weighted by Crippen LogP contribution is 2.04. The first-order chi connectivity index (χ1) is 5.38. The molecule has 0 amide bonds. The Morgan fingerprint density at radius 1 is 1.45 bits per heavy atom. The first kappa shape index (κ1) is 7.95. The molecule has 1 N–H and O–H groups in total. The summed E-state index contributed by atoms with van der Waals surface area (Å²) in [5, 5.41) is 2.98. The van der Waals surface area contributed by atoms with E-state index in [0.29, 0.717) is 12.1 Å². The molecule has 0 saturated carbocycles. The maximum atomic E-state index is 10.3. The average Bonchev–Trinajstić information content (AvgIpc) is 2.06. The third kappa shape index (κ3) is 1.88. The van der Waals surface area contributed by atoms with Crippen molar-refractivity contribution in [1.29, 1.82) is 0 Å². The predicted molar refractivity (Wildman–Crippen MR) is 44.0 cm³/mol. The third-order valence-corrected chi connectivity index (χ3v) is 1.49. The van der Waals surface area contributed by atoms with Gasteiger partial charge in [0.2, 0.25) is 6.29 Å². The zero-order valence-electron chi connectivity index (χ0n) is 6.42. The molecule has 57 valence electrons. The van der Waals surface area contributed by atoms with E-state index in [2.05, 4.69) is 5.32 Å². The first-order valence-corrected chi connectivity index (χ1v) is 3.49. The molecule has 1 radical (unpaired) electrons. The molecule has 1 aromatic rings. The van der Waals surface area contributed by atoms with Crippen LogP contribution in [0.25, 0.3) is 0 Å². The smallest absolute Gasteiger partial charge is 0.233 e. The van der Waals surface area contributed by atoms with Crippen LogP contribution in [-0.4, -0.2) is 13.3 Å². The van der Waals surface area contributed by atoms with Gasteiger partial charge < -0.3 is 5.32 Å². The van der Waals surface area contributed by atoms with Gasteiger partial charge in [-0.25, -0.2) is 0 Å². The highest BCUT2D eigenvalue weighted by Gasteiger charge is 1.97. The summed E-state index contributed by atoms with van der Waals surface area (Å²) in [4.78, 5) is 10.3. The van der Waals surface area contributed by atoms with Crippen LogP contribution in [0, 0.1) is 0 Å². The normalized spacial score (nSPS) is 9.55. The van der Waals surface area contributed by atoms with Crippen molar-refractivity contribution in [1.82, 2.24) is 5.32 Å². The predicted octanol–water partition coefficient (Wildman–Crippen LogP) is 0.864. The molecule has 0 spiro atoms. The van der Waals surface area contributed by atoms with Crippen molar-refractivity contribution < 1.29 is 4.79 Å². The van der Waals surface area contributed by atoms with Crippen molar-refractivity contribution in [3.05, 3.63) is 35.4 Å². The van der Waals surface area contributed by atoms with Gasteiger partial charge in [-0.15, -0.1) is 0 Å². The molecule has 0 aromatic heterocycles. The molecule has 2 heteroatoms. The van der Waals surface area contributed by atoms with Crippen LogP contribution in [0.3, 0.4) is 0 Å². The Bertz CT molecular complexity index is 245. The Kier molecular flexibility index (Phi) is 2.81. The first-order valence-electron chi connectivity index (χ1n) is 3.49. The van der Waals surface area contributed by atoms with Gasteiger partial charge >= 0.3 is 0 Å². The van der Waals surface area contributed by atoms with Crippen LogP contribution in [0.4, 0.5) is 0 Å². The quantitative estimate of drug-likeness (QED) is 0.689. The second kappa shape index (κ2) is 3.88. The minimum absolute atomic E-state index is 0.641. The number of rotatable bonds is 3. The van der Waals surface area contributed by atoms with Crippen LogP contribution >= 0.6 is 0 Å². The SMILES string of the molecule is CNCc1ccccc1[C]=O. The molecule has 0 bridgehead atoms. The van der Waals surface area contributed by atoms with Gasteiger partial charge in [0.05, 0.1) is 0 Å². The summed E-state index contributed by atoms with van der Waals surface area (Å²) < 4.78 is 0. The van der Waals surface area contributed by atoms with Crippen LogP contribution in [0.2, 0.25) is 0 Å². The highest BCUT2D eigenvalue weighted by molar-refractivity contribution is 5.77. The topological polar surface area (TPSA) is 29.1 Å². The molecule has 0 aliphatic heterocycles. The van der Waals surface area contributed by atoms with Gasteiger partial charge in [-0.2, -0.15) is 0 Å².